The van der Waals surface area contributed by atoms with Crippen LogP contribution in [-0.4, -0.2) is 35.7 Å². The molecule has 0 saturated heterocycles. The van der Waals surface area contributed by atoms with E-state index >= 15 is 0 Å². The van der Waals surface area contributed by atoms with Crippen LogP contribution in [0.5, 0.6) is 0 Å². The maximum Gasteiger partial charge on any atom is 0.332 e. The Bertz CT molecular complexity index is 203. The van der Waals surface area contributed by atoms with Crippen molar-refractivity contribution in [3.63, 3.8) is 0 Å². The van der Waals surface area contributed by atoms with Crippen molar-refractivity contribution in [3.05, 3.63) is 0 Å². The number of carbonyl (C=O) groups excluding carboxylic acids is 1. The second kappa shape index (κ2) is 6.37. The van der Waals surface area contributed by atoms with Crippen molar-refractivity contribution < 1.29 is 19.4 Å². The van der Waals surface area contributed by atoms with Crippen LogP contribution >= 0.6 is 0 Å². The Balaban J connectivity index is 3.54. The monoisotopic (exact) mass is 203 g/mol. The van der Waals surface area contributed by atoms with Gasteiger partial charge in [-0.15, -0.1) is 0 Å². The Labute approximate surface area is 83.4 Å². The highest BCUT2D eigenvalue weighted by molar-refractivity contribution is 5.76. The van der Waals surface area contributed by atoms with Crippen LogP contribution < -0.4 is 5.32 Å². The molecular weight excluding hydrogens is 186 g/mol. The lowest BCUT2D eigenvalue weighted by atomic mass is 10.3. The summed E-state index contributed by atoms with van der Waals surface area (Å²) in [4.78, 5) is 21.4. The molecular formula is C9H17NO4. The number of carbonyl (C=O) groups is 2. The van der Waals surface area contributed by atoms with Gasteiger partial charge in [0.1, 0.15) is 0 Å². The Morgan fingerprint density at radius 3 is 2.36 bits per heavy atom. The molecule has 0 unspecified atom stereocenters. The van der Waals surface area contributed by atoms with E-state index < -0.39 is 12.1 Å². The number of carboxylic acid groups (broad SMARTS) is 1. The number of aliphatic carboxylic acids is 1. The molecule has 0 heterocycles. The van der Waals surface area contributed by atoms with E-state index in [2.05, 4.69) is 5.32 Å². The lowest BCUT2D eigenvalue weighted by Gasteiger charge is -2.10. The predicted molar refractivity (Wildman–Crippen MR) is 50.9 cm³/mol. The summed E-state index contributed by atoms with van der Waals surface area (Å²) in [6, 6.07) is 0.0967. The normalized spacial score (nSPS) is 12.6. The summed E-state index contributed by atoms with van der Waals surface area (Å²) >= 11 is 0. The summed E-state index contributed by atoms with van der Waals surface area (Å²) in [6.45, 7) is 5.28. The summed E-state index contributed by atoms with van der Waals surface area (Å²) in [5.41, 5.74) is 0. The number of rotatable bonds is 6. The molecule has 5 heteroatoms. The molecule has 82 valence electrons. The first-order valence-electron chi connectivity index (χ1n) is 4.57. The van der Waals surface area contributed by atoms with Crippen LogP contribution in [0.3, 0.4) is 0 Å². The SMILES string of the molecule is CC(C)NC(=O)CCO[C@H](C)C(=O)O. The van der Waals surface area contributed by atoms with Crippen LogP contribution in [-0.2, 0) is 14.3 Å². The van der Waals surface area contributed by atoms with Gasteiger partial charge in [0.2, 0.25) is 5.91 Å². The van der Waals surface area contributed by atoms with Crippen molar-refractivity contribution in [2.24, 2.45) is 0 Å². The van der Waals surface area contributed by atoms with Gasteiger partial charge in [-0.05, 0) is 20.8 Å². The van der Waals surface area contributed by atoms with Crippen molar-refractivity contribution in [3.8, 4) is 0 Å². The van der Waals surface area contributed by atoms with Gasteiger partial charge < -0.3 is 15.2 Å². The minimum Gasteiger partial charge on any atom is -0.479 e. The molecule has 5 nitrogen and oxygen atoms in total. The number of ether oxygens (including phenoxy) is 1. The van der Waals surface area contributed by atoms with E-state index in [0.29, 0.717) is 0 Å². The predicted octanol–water partition coefficient (Wildman–Crippen LogP) is 0.391. The Morgan fingerprint density at radius 2 is 1.93 bits per heavy atom. The molecule has 0 bridgehead atoms. The minimum absolute atomic E-state index is 0.0967. The number of nitrogens with one attached hydrogen (secondary N) is 1. The molecule has 0 saturated carbocycles. The molecule has 0 aliphatic heterocycles. The standard InChI is InChI=1S/C9H17NO4/c1-6(2)10-8(11)4-5-14-7(3)9(12)13/h6-7H,4-5H2,1-3H3,(H,10,11)(H,12,13)/t7-/m1/s1. The van der Waals surface area contributed by atoms with E-state index in [-0.39, 0.29) is 25.0 Å². The molecule has 0 fully saturated rings. The topological polar surface area (TPSA) is 75.6 Å². The Hall–Kier alpha value is -1.10. The molecule has 0 spiro atoms. The van der Waals surface area contributed by atoms with Gasteiger partial charge in [0.15, 0.2) is 6.10 Å². The first-order valence-corrected chi connectivity index (χ1v) is 4.57. The zero-order valence-corrected chi connectivity index (χ0v) is 8.74. The molecule has 0 aliphatic rings. The molecule has 0 rings (SSSR count). The summed E-state index contributed by atoms with van der Waals surface area (Å²) in [5.74, 6) is -1.15. The van der Waals surface area contributed by atoms with E-state index in [4.69, 9.17) is 9.84 Å². The van der Waals surface area contributed by atoms with Gasteiger partial charge in [-0.25, -0.2) is 4.79 Å². The van der Waals surface area contributed by atoms with E-state index in [0.717, 1.165) is 0 Å². The van der Waals surface area contributed by atoms with Gasteiger partial charge >= 0.3 is 5.97 Å². The molecule has 14 heavy (non-hydrogen) atoms. The van der Waals surface area contributed by atoms with Crippen molar-refractivity contribution >= 4 is 11.9 Å². The lowest BCUT2D eigenvalue weighted by Crippen LogP contribution is -2.31. The molecule has 0 aromatic rings. The second-order valence-corrected chi connectivity index (χ2v) is 3.32. The molecule has 2 N–H and O–H groups in total. The third-order valence-corrected chi connectivity index (χ3v) is 1.49. The zero-order valence-electron chi connectivity index (χ0n) is 8.74. The van der Waals surface area contributed by atoms with Crippen molar-refractivity contribution in [1.82, 2.24) is 5.32 Å². The molecule has 0 aromatic carbocycles. The van der Waals surface area contributed by atoms with E-state index in [1.165, 1.54) is 6.92 Å². The molecule has 1 atom stereocenters. The zero-order chi connectivity index (χ0) is 11.1. The van der Waals surface area contributed by atoms with Crippen LogP contribution in [0, 0.1) is 0 Å². The smallest absolute Gasteiger partial charge is 0.332 e. The second-order valence-electron chi connectivity index (χ2n) is 3.32. The average Bonchev–Trinajstić information content (AvgIpc) is 2.02. The quantitative estimate of drug-likeness (QED) is 0.654. The Morgan fingerprint density at radius 1 is 1.36 bits per heavy atom. The number of hydrogen-bond donors (Lipinski definition) is 2. The van der Waals surface area contributed by atoms with Crippen LogP contribution in [0.4, 0.5) is 0 Å². The van der Waals surface area contributed by atoms with Crippen LogP contribution in [0.2, 0.25) is 0 Å². The minimum atomic E-state index is -1.02. The van der Waals surface area contributed by atoms with Gasteiger partial charge in [0.05, 0.1) is 6.61 Å². The van der Waals surface area contributed by atoms with Gasteiger partial charge in [-0.2, -0.15) is 0 Å². The van der Waals surface area contributed by atoms with E-state index in [1.807, 2.05) is 13.8 Å². The maximum atomic E-state index is 11.1. The third kappa shape index (κ3) is 6.42. The summed E-state index contributed by atoms with van der Waals surface area (Å²) in [5, 5.41) is 11.1. The summed E-state index contributed by atoms with van der Waals surface area (Å²) in [6.07, 6.45) is -0.669. The first-order chi connectivity index (χ1) is 6.43. The molecule has 0 aromatic heterocycles. The van der Waals surface area contributed by atoms with Crippen molar-refractivity contribution in [2.75, 3.05) is 6.61 Å². The number of carboxylic acids is 1. The lowest BCUT2D eigenvalue weighted by molar-refractivity contribution is -0.149. The highest BCUT2D eigenvalue weighted by Crippen LogP contribution is 1.93. The molecule has 0 aliphatic carbocycles. The highest BCUT2D eigenvalue weighted by atomic mass is 16.5. The van der Waals surface area contributed by atoms with Gasteiger partial charge in [0, 0.05) is 12.5 Å². The first kappa shape index (κ1) is 12.9. The van der Waals surface area contributed by atoms with Crippen molar-refractivity contribution in [2.45, 2.75) is 39.3 Å². The van der Waals surface area contributed by atoms with Gasteiger partial charge in [-0.1, -0.05) is 0 Å². The Kier molecular flexibility index (Phi) is 5.87. The van der Waals surface area contributed by atoms with Crippen LogP contribution in [0.15, 0.2) is 0 Å². The van der Waals surface area contributed by atoms with Gasteiger partial charge in [0.25, 0.3) is 0 Å². The maximum absolute atomic E-state index is 11.1. The van der Waals surface area contributed by atoms with Gasteiger partial charge in [-0.3, -0.25) is 4.79 Å². The fraction of sp³-hybridized carbons (Fsp3) is 0.778. The average molecular weight is 203 g/mol. The number of hydrogen-bond acceptors (Lipinski definition) is 3. The largest absolute Gasteiger partial charge is 0.479 e. The van der Waals surface area contributed by atoms with E-state index in [9.17, 15) is 9.59 Å². The molecule has 1 amide bonds. The summed E-state index contributed by atoms with van der Waals surface area (Å²) in [7, 11) is 0. The summed E-state index contributed by atoms with van der Waals surface area (Å²) < 4.78 is 4.90. The number of amides is 1. The van der Waals surface area contributed by atoms with E-state index in [1.54, 1.807) is 0 Å². The highest BCUT2D eigenvalue weighted by Gasteiger charge is 2.11. The van der Waals surface area contributed by atoms with Crippen molar-refractivity contribution in [1.29, 1.82) is 0 Å². The van der Waals surface area contributed by atoms with Crippen LogP contribution in [0.25, 0.3) is 0 Å². The fourth-order valence-electron chi connectivity index (χ4n) is 0.794. The fourth-order valence-corrected chi connectivity index (χ4v) is 0.794. The molecule has 0 radical (unpaired) electrons. The van der Waals surface area contributed by atoms with Crippen LogP contribution in [0.1, 0.15) is 27.2 Å². The third-order valence-electron chi connectivity index (χ3n) is 1.49.